The maximum absolute atomic E-state index is 13.4. The number of hydrogen-bond donors (Lipinski definition) is 2. The lowest BCUT2D eigenvalue weighted by Crippen LogP contribution is -2.65. The van der Waals surface area contributed by atoms with Crippen molar-refractivity contribution in [3.8, 4) is 0 Å². The lowest BCUT2D eigenvalue weighted by Gasteiger charge is -2.60. The molecule has 8 heteroatoms. The van der Waals surface area contributed by atoms with Gasteiger partial charge in [0.25, 0.3) is 5.91 Å². The Balaban J connectivity index is 1.34. The predicted molar refractivity (Wildman–Crippen MR) is 117 cm³/mol. The Morgan fingerprint density at radius 3 is 2.53 bits per heavy atom. The highest BCUT2D eigenvalue weighted by Gasteiger charge is 2.62. The first-order chi connectivity index (χ1) is 15.2. The van der Waals surface area contributed by atoms with E-state index in [0.29, 0.717) is 29.6 Å². The first kappa shape index (κ1) is 21.0. The lowest BCUT2D eigenvalue weighted by molar-refractivity contribution is -0.181. The molecule has 3 amide bonds. The van der Waals surface area contributed by atoms with Crippen LogP contribution in [0.5, 0.6) is 0 Å². The number of nitrogens with one attached hydrogen (secondary N) is 2. The summed E-state index contributed by atoms with van der Waals surface area (Å²) in [6.45, 7) is 2.98. The minimum Gasteiger partial charge on any atom is -0.452 e. The monoisotopic (exact) mass is 439 g/mol. The number of rotatable bonds is 4. The molecule has 32 heavy (non-hydrogen) atoms. The fraction of sp³-hybridized carbons (Fsp3) is 0.583. The van der Waals surface area contributed by atoms with Gasteiger partial charge in [-0.3, -0.25) is 24.1 Å². The van der Waals surface area contributed by atoms with Crippen LogP contribution in [-0.2, 0) is 23.9 Å². The molecule has 4 saturated carbocycles. The van der Waals surface area contributed by atoms with Crippen molar-refractivity contribution in [3.05, 3.63) is 24.3 Å². The number of ether oxygens (including phenoxy) is 1. The SMILES string of the molecule is CC(=O)NC12C[C@H]3C[C@@H](C1)CC(C(=O)O[C@@H](C)C(=O)N1CC(=O)Nc4ccccc41)(C3)C2. The average molecular weight is 440 g/mol. The highest BCUT2D eigenvalue weighted by molar-refractivity contribution is 6.11. The summed E-state index contributed by atoms with van der Waals surface area (Å²) in [5.41, 5.74) is 0.165. The van der Waals surface area contributed by atoms with Gasteiger partial charge in [-0.05, 0) is 69.4 Å². The van der Waals surface area contributed by atoms with E-state index < -0.39 is 17.4 Å². The van der Waals surface area contributed by atoms with Crippen LogP contribution < -0.4 is 15.5 Å². The quantitative estimate of drug-likeness (QED) is 0.701. The van der Waals surface area contributed by atoms with E-state index in [1.54, 1.807) is 31.2 Å². The molecule has 1 heterocycles. The molecular weight excluding hydrogens is 410 g/mol. The van der Waals surface area contributed by atoms with Crippen LogP contribution in [0.15, 0.2) is 24.3 Å². The molecule has 2 N–H and O–H groups in total. The lowest BCUT2D eigenvalue weighted by atomic mass is 9.47. The maximum Gasteiger partial charge on any atom is 0.312 e. The van der Waals surface area contributed by atoms with E-state index >= 15 is 0 Å². The van der Waals surface area contributed by atoms with Gasteiger partial charge in [-0.15, -0.1) is 0 Å². The largest absolute Gasteiger partial charge is 0.452 e. The second kappa shape index (κ2) is 7.32. The van der Waals surface area contributed by atoms with Crippen molar-refractivity contribution >= 4 is 35.1 Å². The van der Waals surface area contributed by atoms with Crippen molar-refractivity contribution in [1.82, 2.24) is 5.32 Å². The van der Waals surface area contributed by atoms with Gasteiger partial charge in [0.2, 0.25) is 11.8 Å². The van der Waals surface area contributed by atoms with E-state index in [1.807, 2.05) is 0 Å². The number of hydrogen-bond acceptors (Lipinski definition) is 5. The highest BCUT2D eigenvalue weighted by Crippen LogP contribution is 2.62. The molecule has 1 aliphatic heterocycles. The average Bonchev–Trinajstić information content (AvgIpc) is 2.70. The molecule has 5 aliphatic rings. The number of anilines is 2. The molecule has 1 aromatic rings. The molecule has 0 saturated heterocycles. The zero-order valence-corrected chi connectivity index (χ0v) is 18.5. The zero-order valence-electron chi connectivity index (χ0n) is 18.5. The Morgan fingerprint density at radius 1 is 1.16 bits per heavy atom. The number of benzene rings is 1. The van der Waals surface area contributed by atoms with Crippen LogP contribution in [0.1, 0.15) is 52.4 Å². The summed E-state index contributed by atoms with van der Waals surface area (Å²) in [4.78, 5) is 52.0. The molecule has 0 spiro atoms. The Morgan fingerprint density at radius 2 is 1.84 bits per heavy atom. The molecule has 8 nitrogen and oxygen atoms in total. The molecule has 6 rings (SSSR count). The molecule has 4 fully saturated rings. The summed E-state index contributed by atoms with van der Waals surface area (Å²) >= 11 is 0. The van der Waals surface area contributed by atoms with E-state index in [0.717, 1.165) is 32.1 Å². The van der Waals surface area contributed by atoms with Gasteiger partial charge in [-0.1, -0.05) is 12.1 Å². The van der Waals surface area contributed by atoms with Gasteiger partial charge in [-0.2, -0.15) is 0 Å². The Bertz CT molecular complexity index is 991. The van der Waals surface area contributed by atoms with Crippen LogP contribution in [0.2, 0.25) is 0 Å². The van der Waals surface area contributed by atoms with Crippen LogP contribution in [0.25, 0.3) is 0 Å². The van der Waals surface area contributed by atoms with Crippen LogP contribution in [0.3, 0.4) is 0 Å². The molecule has 2 unspecified atom stereocenters. The van der Waals surface area contributed by atoms with Crippen LogP contribution in [0, 0.1) is 17.3 Å². The van der Waals surface area contributed by atoms with Crippen molar-refractivity contribution in [1.29, 1.82) is 0 Å². The number of carbonyl (C=O) groups is 4. The summed E-state index contributed by atoms with van der Waals surface area (Å²) in [5, 5.41) is 5.90. The van der Waals surface area contributed by atoms with E-state index in [9.17, 15) is 19.2 Å². The van der Waals surface area contributed by atoms with E-state index in [1.165, 1.54) is 11.8 Å². The molecule has 4 bridgehead atoms. The second-order valence-electron chi connectivity index (χ2n) is 10.2. The first-order valence-electron chi connectivity index (χ1n) is 11.4. The Labute approximate surface area is 187 Å². The van der Waals surface area contributed by atoms with Gasteiger partial charge in [0.1, 0.15) is 6.54 Å². The molecule has 0 radical (unpaired) electrons. The minimum atomic E-state index is -1.01. The fourth-order valence-electron chi connectivity index (χ4n) is 7.01. The topological polar surface area (TPSA) is 105 Å². The molecule has 0 aromatic heterocycles. The number of carbonyl (C=O) groups excluding carboxylic acids is 4. The highest BCUT2D eigenvalue weighted by atomic mass is 16.5. The summed E-state index contributed by atoms with van der Waals surface area (Å²) in [5.74, 6) is -0.340. The summed E-state index contributed by atoms with van der Waals surface area (Å²) in [7, 11) is 0. The summed E-state index contributed by atoms with van der Waals surface area (Å²) < 4.78 is 5.78. The predicted octanol–water partition coefficient (Wildman–Crippen LogP) is 2.38. The molecule has 1 aromatic carbocycles. The summed E-state index contributed by atoms with van der Waals surface area (Å²) in [6, 6.07) is 7.08. The van der Waals surface area contributed by atoms with E-state index in [2.05, 4.69) is 10.6 Å². The zero-order chi connectivity index (χ0) is 22.7. The Hall–Kier alpha value is -2.90. The van der Waals surface area contributed by atoms with Gasteiger partial charge < -0.3 is 15.4 Å². The maximum atomic E-state index is 13.4. The number of fused-ring (bicyclic) bond motifs is 1. The van der Waals surface area contributed by atoms with Gasteiger partial charge in [0, 0.05) is 12.5 Å². The Kier molecular flexibility index (Phi) is 4.80. The van der Waals surface area contributed by atoms with Crippen LogP contribution in [-0.4, -0.2) is 41.9 Å². The molecular formula is C24H29N3O5. The van der Waals surface area contributed by atoms with E-state index in [-0.39, 0.29) is 29.9 Å². The minimum absolute atomic E-state index is 0.0685. The standard InChI is InChI=1S/C24H29N3O5/c1-14(21(30)27-12-20(29)25-18-5-3-4-6-19(18)27)32-22(31)23-8-16-7-17(9-23)11-24(10-16,13-23)26-15(2)28/h3-6,14,16-17H,7-13H2,1-2H3,(H,25,29)(H,26,28)/t14-,16-,17+,23?,24?/m0/s1. The van der Waals surface area contributed by atoms with Crippen molar-refractivity contribution in [2.24, 2.45) is 17.3 Å². The summed E-state index contributed by atoms with van der Waals surface area (Å²) in [6.07, 6.45) is 3.97. The van der Waals surface area contributed by atoms with Crippen LogP contribution in [0.4, 0.5) is 11.4 Å². The van der Waals surface area contributed by atoms with Gasteiger partial charge in [-0.25, -0.2) is 0 Å². The van der Waals surface area contributed by atoms with Crippen molar-refractivity contribution < 1.29 is 23.9 Å². The second-order valence-corrected chi connectivity index (χ2v) is 10.2. The normalized spacial score (nSPS) is 33.2. The number of esters is 1. The number of para-hydroxylation sites is 2. The third kappa shape index (κ3) is 3.45. The third-order valence-electron chi connectivity index (χ3n) is 7.60. The van der Waals surface area contributed by atoms with Crippen molar-refractivity contribution in [3.63, 3.8) is 0 Å². The van der Waals surface area contributed by atoms with Crippen molar-refractivity contribution in [2.45, 2.75) is 64.0 Å². The van der Waals surface area contributed by atoms with Gasteiger partial charge >= 0.3 is 5.97 Å². The molecule has 5 atom stereocenters. The third-order valence-corrected chi connectivity index (χ3v) is 7.60. The molecule has 170 valence electrons. The number of nitrogens with zero attached hydrogens (tertiary/aromatic N) is 1. The smallest absolute Gasteiger partial charge is 0.312 e. The van der Waals surface area contributed by atoms with E-state index in [4.69, 9.17) is 4.74 Å². The van der Waals surface area contributed by atoms with Gasteiger partial charge in [0.15, 0.2) is 6.10 Å². The molecule has 4 aliphatic carbocycles. The first-order valence-corrected chi connectivity index (χ1v) is 11.4. The van der Waals surface area contributed by atoms with Crippen LogP contribution >= 0.6 is 0 Å². The van der Waals surface area contributed by atoms with Gasteiger partial charge in [0.05, 0.1) is 16.8 Å². The number of amides is 3. The van der Waals surface area contributed by atoms with Crippen molar-refractivity contribution in [2.75, 3.05) is 16.8 Å². The fourth-order valence-corrected chi connectivity index (χ4v) is 7.01.